The van der Waals surface area contributed by atoms with Gasteiger partial charge < -0.3 is 14.5 Å². The van der Waals surface area contributed by atoms with Crippen molar-refractivity contribution in [2.24, 2.45) is 0 Å². The lowest BCUT2D eigenvalue weighted by Crippen LogP contribution is -2.31. The van der Waals surface area contributed by atoms with Gasteiger partial charge in [-0.25, -0.2) is 0 Å². The van der Waals surface area contributed by atoms with Crippen molar-refractivity contribution in [3.05, 3.63) is 23.7 Å². The maximum absolute atomic E-state index is 11.6. The number of carbonyl (C=O) groups excluding carboxylic acids is 1. The number of furan rings is 1. The lowest BCUT2D eigenvalue weighted by Gasteiger charge is -2.09. The van der Waals surface area contributed by atoms with Gasteiger partial charge in [-0.2, -0.15) is 0 Å². The zero-order valence-corrected chi connectivity index (χ0v) is 8.79. The molecule has 0 aromatic carbocycles. The van der Waals surface area contributed by atoms with E-state index in [2.05, 4.69) is 5.32 Å². The highest BCUT2D eigenvalue weighted by Crippen LogP contribution is 2.11. The first-order valence-corrected chi connectivity index (χ1v) is 5.22. The number of carbonyl (C=O) groups is 1. The molecule has 1 aromatic heterocycles. The fourth-order valence-electron chi connectivity index (χ4n) is 1.66. The van der Waals surface area contributed by atoms with Gasteiger partial charge in [0.05, 0.1) is 6.10 Å². The number of ether oxygens (including phenoxy) is 1. The van der Waals surface area contributed by atoms with E-state index < -0.39 is 0 Å². The molecular formula is C11H15NO3. The lowest BCUT2D eigenvalue weighted by molar-refractivity contribution is 0.0834. The Labute approximate surface area is 88.6 Å². The summed E-state index contributed by atoms with van der Waals surface area (Å²) in [5, 5.41) is 2.80. The van der Waals surface area contributed by atoms with Gasteiger partial charge in [0, 0.05) is 13.2 Å². The van der Waals surface area contributed by atoms with E-state index in [1.54, 1.807) is 12.1 Å². The number of aryl methyl sites for hydroxylation is 1. The second-order valence-electron chi connectivity index (χ2n) is 3.76. The SMILES string of the molecule is Cc1ccc(C(=O)NC[C@@H]2CCCO2)o1. The summed E-state index contributed by atoms with van der Waals surface area (Å²) in [7, 11) is 0. The second kappa shape index (κ2) is 4.49. The van der Waals surface area contributed by atoms with Crippen LogP contribution < -0.4 is 5.32 Å². The molecule has 1 aliphatic heterocycles. The van der Waals surface area contributed by atoms with E-state index >= 15 is 0 Å². The van der Waals surface area contributed by atoms with Crippen LogP contribution in [0.5, 0.6) is 0 Å². The van der Waals surface area contributed by atoms with E-state index in [-0.39, 0.29) is 12.0 Å². The molecule has 4 nitrogen and oxygen atoms in total. The maximum Gasteiger partial charge on any atom is 0.287 e. The zero-order valence-electron chi connectivity index (χ0n) is 8.79. The number of hydrogen-bond donors (Lipinski definition) is 1. The van der Waals surface area contributed by atoms with Crippen molar-refractivity contribution in [3.63, 3.8) is 0 Å². The second-order valence-corrected chi connectivity index (χ2v) is 3.76. The summed E-state index contributed by atoms with van der Waals surface area (Å²) in [5.74, 6) is 0.946. The molecule has 0 unspecified atom stereocenters. The quantitative estimate of drug-likeness (QED) is 0.820. The molecule has 0 saturated carbocycles. The first kappa shape index (κ1) is 10.2. The van der Waals surface area contributed by atoms with Gasteiger partial charge in [-0.3, -0.25) is 4.79 Å². The van der Waals surface area contributed by atoms with Crippen LogP contribution in [0.4, 0.5) is 0 Å². The van der Waals surface area contributed by atoms with Crippen LogP contribution in [0.15, 0.2) is 16.5 Å². The van der Waals surface area contributed by atoms with Crippen molar-refractivity contribution in [3.8, 4) is 0 Å². The van der Waals surface area contributed by atoms with Crippen LogP contribution in [0.3, 0.4) is 0 Å². The number of nitrogens with one attached hydrogen (secondary N) is 1. The molecular weight excluding hydrogens is 194 g/mol. The van der Waals surface area contributed by atoms with Crippen molar-refractivity contribution in [2.75, 3.05) is 13.2 Å². The Balaban J connectivity index is 1.81. The van der Waals surface area contributed by atoms with Crippen LogP contribution in [-0.4, -0.2) is 25.2 Å². The Morgan fingerprint density at radius 2 is 2.47 bits per heavy atom. The van der Waals surface area contributed by atoms with Crippen molar-refractivity contribution in [2.45, 2.75) is 25.9 Å². The van der Waals surface area contributed by atoms with Crippen LogP contribution in [0, 0.1) is 6.92 Å². The van der Waals surface area contributed by atoms with Gasteiger partial charge in [-0.05, 0) is 31.9 Å². The topological polar surface area (TPSA) is 51.5 Å². The fraction of sp³-hybridized carbons (Fsp3) is 0.545. The highest BCUT2D eigenvalue weighted by molar-refractivity contribution is 5.91. The molecule has 1 aromatic rings. The molecule has 0 aliphatic carbocycles. The molecule has 82 valence electrons. The lowest BCUT2D eigenvalue weighted by atomic mass is 10.2. The van der Waals surface area contributed by atoms with Gasteiger partial charge in [0.1, 0.15) is 5.76 Å². The minimum Gasteiger partial charge on any atom is -0.456 e. The Hall–Kier alpha value is -1.29. The maximum atomic E-state index is 11.6. The average Bonchev–Trinajstić information content (AvgIpc) is 2.84. The fourth-order valence-corrected chi connectivity index (χ4v) is 1.66. The third-order valence-corrected chi connectivity index (χ3v) is 2.48. The highest BCUT2D eigenvalue weighted by Gasteiger charge is 2.17. The minimum absolute atomic E-state index is 0.168. The molecule has 1 saturated heterocycles. The summed E-state index contributed by atoms with van der Waals surface area (Å²) in [6.45, 7) is 3.19. The number of hydrogen-bond acceptors (Lipinski definition) is 3. The Bertz CT molecular complexity index is 339. The van der Waals surface area contributed by atoms with E-state index in [4.69, 9.17) is 9.15 Å². The van der Waals surface area contributed by atoms with Crippen molar-refractivity contribution >= 4 is 5.91 Å². The van der Waals surface area contributed by atoms with Crippen LogP contribution in [0.1, 0.15) is 29.2 Å². The van der Waals surface area contributed by atoms with E-state index in [1.807, 2.05) is 6.92 Å². The summed E-state index contributed by atoms with van der Waals surface area (Å²) in [4.78, 5) is 11.6. The normalized spacial score (nSPS) is 20.5. The predicted octanol–water partition coefficient (Wildman–Crippen LogP) is 1.50. The van der Waals surface area contributed by atoms with Gasteiger partial charge in [-0.1, -0.05) is 0 Å². The van der Waals surface area contributed by atoms with Gasteiger partial charge in [0.15, 0.2) is 5.76 Å². The average molecular weight is 209 g/mol. The standard InChI is InChI=1S/C11H15NO3/c1-8-4-5-10(15-8)11(13)12-7-9-3-2-6-14-9/h4-5,9H,2-3,6-7H2,1H3,(H,12,13)/t9-/m0/s1. The predicted molar refractivity (Wildman–Crippen MR) is 54.8 cm³/mol. The van der Waals surface area contributed by atoms with Crippen LogP contribution in [-0.2, 0) is 4.74 Å². The Morgan fingerprint density at radius 3 is 3.07 bits per heavy atom. The molecule has 1 N–H and O–H groups in total. The number of rotatable bonds is 3. The van der Waals surface area contributed by atoms with Crippen LogP contribution in [0.2, 0.25) is 0 Å². The summed E-state index contributed by atoms with van der Waals surface area (Å²) < 4.78 is 10.6. The molecule has 15 heavy (non-hydrogen) atoms. The van der Waals surface area contributed by atoms with Gasteiger partial charge >= 0.3 is 0 Å². The summed E-state index contributed by atoms with van der Waals surface area (Å²) >= 11 is 0. The molecule has 4 heteroatoms. The zero-order chi connectivity index (χ0) is 10.7. The Kier molecular flexibility index (Phi) is 3.06. The largest absolute Gasteiger partial charge is 0.456 e. The van der Waals surface area contributed by atoms with E-state index in [0.29, 0.717) is 12.3 Å². The van der Waals surface area contributed by atoms with Crippen molar-refractivity contribution in [1.82, 2.24) is 5.32 Å². The Morgan fingerprint density at radius 1 is 1.60 bits per heavy atom. The molecule has 2 heterocycles. The summed E-state index contributed by atoms with van der Waals surface area (Å²) in [5.41, 5.74) is 0. The molecule has 1 atom stereocenters. The van der Waals surface area contributed by atoms with E-state index in [0.717, 1.165) is 25.2 Å². The smallest absolute Gasteiger partial charge is 0.287 e. The van der Waals surface area contributed by atoms with Gasteiger partial charge in [-0.15, -0.1) is 0 Å². The van der Waals surface area contributed by atoms with Gasteiger partial charge in [0.25, 0.3) is 5.91 Å². The monoisotopic (exact) mass is 209 g/mol. The van der Waals surface area contributed by atoms with E-state index in [9.17, 15) is 4.79 Å². The highest BCUT2D eigenvalue weighted by atomic mass is 16.5. The first-order chi connectivity index (χ1) is 7.25. The van der Waals surface area contributed by atoms with E-state index in [1.165, 1.54) is 0 Å². The van der Waals surface area contributed by atoms with Gasteiger partial charge in [0.2, 0.25) is 0 Å². The molecule has 1 aliphatic rings. The van der Waals surface area contributed by atoms with Crippen LogP contribution >= 0.6 is 0 Å². The molecule has 2 rings (SSSR count). The summed E-state index contributed by atoms with van der Waals surface area (Å²) in [6.07, 6.45) is 2.28. The molecule has 1 amide bonds. The molecule has 0 bridgehead atoms. The molecule has 0 radical (unpaired) electrons. The third-order valence-electron chi connectivity index (χ3n) is 2.48. The molecule has 0 spiro atoms. The molecule has 1 fully saturated rings. The number of amides is 1. The van der Waals surface area contributed by atoms with Crippen molar-refractivity contribution < 1.29 is 13.9 Å². The van der Waals surface area contributed by atoms with Crippen LogP contribution in [0.25, 0.3) is 0 Å². The third kappa shape index (κ3) is 2.59. The van der Waals surface area contributed by atoms with Crippen molar-refractivity contribution in [1.29, 1.82) is 0 Å². The summed E-state index contributed by atoms with van der Waals surface area (Å²) in [6, 6.07) is 3.46. The first-order valence-electron chi connectivity index (χ1n) is 5.22. The minimum atomic E-state index is -0.168.